The predicted octanol–water partition coefficient (Wildman–Crippen LogP) is 1.95. The van der Waals surface area contributed by atoms with Gasteiger partial charge in [0.15, 0.2) is 21.3 Å². The highest BCUT2D eigenvalue weighted by Gasteiger charge is 2.16. The minimum Gasteiger partial charge on any atom is -0.493 e. The molecule has 1 N–H and O–H groups in total. The molecular weight excluding hydrogens is 280 g/mol. The predicted molar refractivity (Wildman–Crippen MR) is 78.0 cm³/mol. The molecule has 0 fully saturated rings. The maximum absolute atomic E-state index is 11.7. The lowest BCUT2D eigenvalue weighted by atomic mass is 10.1. The second kappa shape index (κ2) is 6.95. The highest BCUT2D eigenvalue weighted by Crippen LogP contribution is 2.30. The molecule has 0 aliphatic carbocycles. The first-order valence-electron chi connectivity index (χ1n) is 6.48. The lowest BCUT2D eigenvalue weighted by Gasteiger charge is -2.14. The summed E-state index contributed by atoms with van der Waals surface area (Å²) in [5.41, 5.74) is 0.712. The standard InChI is InChI=1S/C14H22O5S/c1-10(2)20(16,17)8-7-19-13-6-5-12(11(3)15)9-14(13)18-4/h5-6,9-11,15H,7-8H2,1-4H3/t11-/m1/s1. The molecule has 0 saturated carbocycles. The van der Waals surface area contributed by atoms with Crippen molar-refractivity contribution in [3.8, 4) is 11.5 Å². The first-order valence-corrected chi connectivity index (χ1v) is 8.20. The summed E-state index contributed by atoms with van der Waals surface area (Å²) in [5, 5.41) is 9.09. The molecule has 0 amide bonds. The van der Waals surface area contributed by atoms with Gasteiger partial charge in [-0.2, -0.15) is 0 Å². The van der Waals surface area contributed by atoms with Gasteiger partial charge in [-0.25, -0.2) is 8.42 Å². The fourth-order valence-corrected chi connectivity index (χ4v) is 2.35. The van der Waals surface area contributed by atoms with Crippen molar-refractivity contribution in [3.05, 3.63) is 23.8 Å². The van der Waals surface area contributed by atoms with Crippen molar-refractivity contribution in [2.24, 2.45) is 0 Å². The van der Waals surface area contributed by atoms with Crippen molar-refractivity contribution in [1.82, 2.24) is 0 Å². The Morgan fingerprint density at radius 2 is 1.85 bits per heavy atom. The van der Waals surface area contributed by atoms with Crippen LogP contribution in [0.25, 0.3) is 0 Å². The summed E-state index contributed by atoms with van der Waals surface area (Å²) in [7, 11) is -1.62. The zero-order valence-corrected chi connectivity index (χ0v) is 13.1. The molecule has 1 aromatic carbocycles. The molecule has 0 heterocycles. The van der Waals surface area contributed by atoms with Gasteiger partial charge < -0.3 is 14.6 Å². The van der Waals surface area contributed by atoms with Crippen LogP contribution in [0.4, 0.5) is 0 Å². The lowest BCUT2D eigenvalue weighted by Crippen LogP contribution is -2.22. The summed E-state index contributed by atoms with van der Waals surface area (Å²) >= 11 is 0. The van der Waals surface area contributed by atoms with Crippen molar-refractivity contribution in [2.45, 2.75) is 32.1 Å². The van der Waals surface area contributed by atoms with Crippen molar-refractivity contribution in [1.29, 1.82) is 0 Å². The highest BCUT2D eigenvalue weighted by molar-refractivity contribution is 7.91. The van der Waals surface area contributed by atoms with E-state index in [2.05, 4.69) is 0 Å². The van der Waals surface area contributed by atoms with Crippen LogP contribution in [0.5, 0.6) is 11.5 Å². The van der Waals surface area contributed by atoms with Crippen LogP contribution in [0, 0.1) is 0 Å². The van der Waals surface area contributed by atoms with Crippen molar-refractivity contribution < 1.29 is 23.0 Å². The fraction of sp³-hybridized carbons (Fsp3) is 0.571. The average molecular weight is 302 g/mol. The number of rotatable bonds is 7. The number of benzene rings is 1. The summed E-state index contributed by atoms with van der Waals surface area (Å²) in [6.45, 7) is 5.02. The molecule has 114 valence electrons. The molecule has 0 aliphatic heterocycles. The van der Waals surface area contributed by atoms with E-state index in [1.54, 1.807) is 39.0 Å². The van der Waals surface area contributed by atoms with Crippen molar-refractivity contribution >= 4 is 9.84 Å². The summed E-state index contributed by atoms with van der Waals surface area (Å²) in [6, 6.07) is 5.07. The van der Waals surface area contributed by atoms with Gasteiger partial charge in [0.2, 0.25) is 0 Å². The SMILES string of the molecule is COc1cc([C@@H](C)O)ccc1OCCS(=O)(=O)C(C)C. The van der Waals surface area contributed by atoms with Crippen LogP contribution in [0.1, 0.15) is 32.4 Å². The van der Waals surface area contributed by atoms with E-state index in [1.807, 2.05) is 0 Å². The number of sulfone groups is 1. The third-order valence-corrected chi connectivity index (χ3v) is 5.19. The Morgan fingerprint density at radius 3 is 2.35 bits per heavy atom. The molecule has 6 heteroatoms. The Morgan fingerprint density at radius 1 is 1.20 bits per heavy atom. The van der Waals surface area contributed by atoms with E-state index < -0.39 is 21.2 Å². The minimum atomic E-state index is -3.12. The number of aliphatic hydroxyl groups excluding tert-OH is 1. The van der Waals surface area contributed by atoms with Crippen LogP contribution in [-0.4, -0.2) is 38.2 Å². The van der Waals surface area contributed by atoms with Crippen LogP contribution in [0.2, 0.25) is 0 Å². The molecule has 0 radical (unpaired) electrons. The molecule has 1 rings (SSSR count). The molecule has 1 atom stereocenters. The third kappa shape index (κ3) is 4.38. The Kier molecular flexibility index (Phi) is 5.83. The summed E-state index contributed by atoms with van der Waals surface area (Å²) in [6.07, 6.45) is -0.598. The van der Waals surface area contributed by atoms with Gasteiger partial charge in [0.05, 0.1) is 24.2 Å². The average Bonchev–Trinajstić information content (AvgIpc) is 2.38. The largest absolute Gasteiger partial charge is 0.493 e. The zero-order chi connectivity index (χ0) is 15.3. The number of methoxy groups -OCH3 is 1. The van der Waals surface area contributed by atoms with Gasteiger partial charge in [0, 0.05) is 0 Å². The number of hydrogen-bond acceptors (Lipinski definition) is 5. The number of hydrogen-bond donors (Lipinski definition) is 1. The maximum Gasteiger partial charge on any atom is 0.161 e. The number of ether oxygens (including phenoxy) is 2. The van der Waals surface area contributed by atoms with Crippen LogP contribution in [0.3, 0.4) is 0 Å². The van der Waals surface area contributed by atoms with Crippen molar-refractivity contribution in [3.63, 3.8) is 0 Å². The van der Waals surface area contributed by atoms with Gasteiger partial charge in [-0.05, 0) is 38.5 Å². The normalized spacial score (nSPS) is 13.3. The summed E-state index contributed by atoms with van der Waals surface area (Å²) < 4.78 is 34.0. The van der Waals surface area contributed by atoms with Crippen LogP contribution in [0.15, 0.2) is 18.2 Å². The Hall–Kier alpha value is -1.27. The molecule has 0 aromatic heterocycles. The summed E-state index contributed by atoms with van der Waals surface area (Å²) in [4.78, 5) is 0. The molecule has 0 bridgehead atoms. The van der Waals surface area contributed by atoms with Gasteiger partial charge in [-0.1, -0.05) is 6.07 Å². The van der Waals surface area contributed by atoms with E-state index in [4.69, 9.17) is 9.47 Å². The van der Waals surface area contributed by atoms with E-state index in [-0.39, 0.29) is 12.4 Å². The van der Waals surface area contributed by atoms with Crippen molar-refractivity contribution in [2.75, 3.05) is 19.5 Å². The Bertz CT molecular complexity index is 534. The van der Waals surface area contributed by atoms with Gasteiger partial charge >= 0.3 is 0 Å². The lowest BCUT2D eigenvalue weighted by molar-refractivity contribution is 0.198. The first-order chi connectivity index (χ1) is 9.27. The zero-order valence-electron chi connectivity index (χ0n) is 12.3. The van der Waals surface area contributed by atoms with Crippen LogP contribution in [-0.2, 0) is 9.84 Å². The quantitative estimate of drug-likeness (QED) is 0.833. The van der Waals surface area contributed by atoms with E-state index in [1.165, 1.54) is 7.11 Å². The molecule has 0 unspecified atom stereocenters. The third-order valence-electron chi connectivity index (χ3n) is 3.01. The van der Waals surface area contributed by atoms with Crippen LogP contribution < -0.4 is 9.47 Å². The molecule has 5 nitrogen and oxygen atoms in total. The molecule has 0 spiro atoms. The van der Waals surface area contributed by atoms with E-state index in [9.17, 15) is 13.5 Å². The highest BCUT2D eigenvalue weighted by atomic mass is 32.2. The van der Waals surface area contributed by atoms with E-state index in [0.717, 1.165) is 0 Å². The first kappa shape index (κ1) is 16.8. The molecule has 20 heavy (non-hydrogen) atoms. The molecule has 0 aliphatic rings. The van der Waals surface area contributed by atoms with Gasteiger partial charge in [-0.15, -0.1) is 0 Å². The van der Waals surface area contributed by atoms with Gasteiger partial charge in [-0.3, -0.25) is 0 Å². The topological polar surface area (TPSA) is 72.8 Å². The Labute approximate surface area is 120 Å². The van der Waals surface area contributed by atoms with E-state index >= 15 is 0 Å². The number of aliphatic hydroxyl groups is 1. The van der Waals surface area contributed by atoms with Crippen LogP contribution >= 0.6 is 0 Å². The molecule has 1 aromatic rings. The second-order valence-electron chi connectivity index (χ2n) is 4.85. The van der Waals surface area contributed by atoms with E-state index in [0.29, 0.717) is 17.1 Å². The minimum absolute atomic E-state index is 0.0357. The fourth-order valence-electron chi connectivity index (χ4n) is 1.57. The molecule has 0 saturated heterocycles. The van der Waals surface area contributed by atoms with Gasteiger partial charge in [0.1, 0.15) is 6.61 Å². The Balaban J connectivity index is 2.74. The maximum atomic E-state index is 11.7. The monoisotopic (exact) mass is 302 g/mol. The summed E-state index contributed by atoms with van der Waals surface area (Å²) in [5.74, 6) is 0.910. The second-order valence-corrected chi connectivity index (χ2v) is 7.53. The van der Waals surface area contributed by atoms with Gasteiger partial charge in [0.25, 0.3) is 0 Å². The molecular formula is C14H22O5S. The smallest absolute Gasteiger partial charge is 0.161 e.